The molecule has 3 atom stereocenters. The molecule has 10 heteroatoms. The van der Waals surface area contributed by atoms with E-state index in [1.165, 1.54) is 12.1 Å². The zero-order chi connectivity index (χ0) is 25.7. The lowest BCUT2D eigenvalue weighted by Gasteiger charge is -2.42. The Kier molecular flexibility index (Phi) is 8.04. The minimum Gasteiger partial charge on any atom is -0.490 e. The van der Waals surface area contributed by atoms with E-state index < -0.39 is 0 Å². The number of amides is 4. The molecule has 36 heavy (non-hydrogen) atoms. The van der Waals surface area contributed by atoms with Gasteiger partial charge in [0.25, 0.3) is 5.91 Å². The summed E-state index contributed by atoms with van der Waals surface area (Å²) in [6.45, 7) is 2.85. The predicted molar refractivity (Wildman–Crippen MR) is 131 cm³/mol. The summed E-state index contributed by atoms with van der Waals surface area (Å²) in [5.74, 6) is -0.288. The van der Waals surface area contributed by atoms with Crippen LogP contribution in [0.2, 0.25) is 0 Å². The number of urea groups is 1. The fraction of sp³-hybridized carbons (Fsp3) is 0.423. The number of anilines is 1. The van der Waals surface area contributed by atoms with Crippen molar-refractivity contribution in [2.24, 2.45) is 0 Å². The summed E-state index contributed by atoms with van der Waals surface area (Å²) >= 11 is 0. The van der Waals surface area contributed by atoms with Crippen LogP contribution in [0.1, 0.15) is 42.1 Å². The van der Waals surface area contributed by atoms with E-state index in [0.717, 1.165) is 5.56 Å². The Bertz CT molecular complexity index is 1110. The Morgan fingerprint density at radius 3 is 2.64 bits per heavy atom. The number of benzene rings is 2. The summed E-state index contributed by atoms with van der Waals surface area (Å²) in [4.78, 5) is 39.3. The van der Waals surface area contributed by atoms with Gasteiger partial charge in [-0.1, -0.05) is 12.1 Å². The number of ether oxygens (including phenoxy) is 2. The van der Waals surface area contributed by atoms with Gasteiger partial charge >= 0.3 is 6.03 Å². The van der Waals surface area contributed by atoms with E-state index in [2.05, 4.69) is 16.0 Å². The van der Waals surface area contributed by atoms with E-state index in [1.54, 1.807) is 42.3 Å². The summed E-state index contributed by atoms with van der Waals surface area (Å²) in [6.07, 6.45) is 0.790. The van der Waals surface area contributed by atoms with Crippen LogP contribution < -0.4 is 20.7 Å². The van der Waals surface area contributed by atoms with E-state index >= 15 is 0 Å². The van der Waals surface area contributed by atoms with Crippen molar-refractivity contribution in [3.05, 3.63) is 59.4 Å². The lowest BCUT2D eigenvalue weighted by molar-refractivity contribution is -0.134. The van der Waals surface area contributed by atoms with Crippen LogP contribution in [0.3, 0.4) is 0 Å². The highest BCUT2D eigenvalue weighted by atomic mass is 19.1. The van der Waals surface area contributed by atoms with E-state index in [9.17, 15) is 18.8 Å². The van der Waals surface area contributed by atoms with Crippen molar-refractivity contribution < 1.29 is 28.2 Å². The molecule has 4 rings (SSSR count). The largest absolute Gasteiger partial charge is 0.490 e. The SMILES string of the molecule is CCNC(=O)Nc1ccc2c(c1)C(=O)N(C)[C@@H]1CC[C@H](CC(=O)NCc3ccc(F)cc3)O[C@@H]1CO2. The molecular formula is C26H31FN4O5. The van der Waals surface area contributed by atoms with Crippen LogP contribution >= 0.6 is 0 Å². The number of nitrogens with one attached hydrogen (secondary N) is 3. The summed E-state index contributed by atoms with van der Waals surface area (Å²) in [5, 5.41) is 8.21. The second-order valence-corrected chi connectivity index (χ2v) is 8.97. The molecule has 0 saturated carbocycles. The summed E-state index contributed by atoms with van der Waals surface area (Å²) < 4.78 is 25.2. The zero-order valence-electron chi connectivity index (χ0n) is 20.4. The van der Waals surface area contributed by atoms with Crippen LogP contribution in [-0.4, -0.2) is 61.2 Å². The van der Waals surface area contributed by atoms with Gasteiger partial charge in [-0.05, 0) is 55.7 Å². The van der Waals surface area contributed by atoms with Crippen LogP contribution in [0, 0.1) is 5.82 Å². The second-order valence-electron chi connectivity index (χ2n) is 8.97. The number of rotatable bonds is 6. The van der Waals surface area contributed by atoms with Gasteiger partial charge in [0.1, 0.15) is 24.3 Å². The minimum absolute atomic E-state index is 0.156. The number of hydrogen-bond donors (Lipinski definition) is 3. The summed E-state index contributed by atoms with van der Waals surface area (Å²) in [6, 6.07) is 10.4. The predicted octanol–water partition coefficient (Wildman–Crippen LogP) is 3.05. The van der Waals surface area contributed by atoms with Crippen molar-refractivity contribution in [1.82, 2.24) is 15.5 Å². The number of carbonyl (C=O) groups excluding carboxylic acids is 3. The first kappa shape index (κ1) is 25.4. The molecule has 1 saturated heterocycles. The van der Waals surface area contributed by atoms with Crippen molar-refractivity contribution >= 4 is 23.5 Å². The fourth-order valence-corrected chi connectivity index (χ4v) is 4.52. The van der Waals surface area contributed by atoms with Crippen molar-refractivity contribution in [2.45, 2.75) is 51.0 Å². The molecule has 0 bridgehead atoms. The van der Waals surface area contributed by atoms with Gasteiger partial charge in [0.15, 0.2) is 0 Å². The third-order valence-corrected chi connectivity index (χ3v) is 6.42. The molecule has 0 aliphatic carbocycles. The number of hydrogen-bond acceptors (Lipinski definition) is 5. The lowest BCUT2D eigenvalue weighted by Crippen LogP contribution is -2.53. The molecule has 192 valence electrons. The average Bonchev–Trinajstić information content (AvgIpc) is 2.86. The van der Waals surface area contributed by atoms with Gasteiger partial charge in [-0.3, -0.25) is 9.59 Å². The molecule has 2 aromatic rings. The van der Waals surface area contributed by atoms with Crippen molar-refractivity contribution in [1.29, 1.82) is 0 Å². The van der Waals surface area contributed by atoms with Gasteiger partial charge in [0, 0.05) is 25.8 Å². The molecule has 2 aliphatic heterocycles. The molecule has 2 heterocycles. The van der Waals surface area contributed by atoms with Crippen LogP contribution in [0.4, 0.5) is 14.9 Å². The first-order valence-corrected chi connectivity index (χ1v) is 12.1. The van der Waals surface area contributed by atoms with E-state index in [0.29, 0.717) is 42.9 Å². The zero-order valence-corrected chi connectivity index (χ0v) is 20.4. The molecule has 2 aliphatic rings. The topological polar surface area (TPSA) is 109 Å². The highest BCUT2D eigenvalue weighted by Gasteiger charge is 2.39. The number of carbonyl (C=O) groups is 3. The number of halogens is 1. The Morgan fingerprint density at radius 2 is 1.89 bits per heavy atom. The number of fused-ring (bicyclic) bond motifs is 2. The van der Waals surface area contributed by atoms with Crippen molar-refractivity contribution in [3.63, 3.8) is 0 Å². The molecule has 4 amide bonds. The van der Waals surface area contributed by atoms with Crippen LogP contribution in [0.25, 0.3) is 0 Å². The smallest absolute Gasteiger partial charge is 0.319 e. The molecule has 0 unspecified atom stereocenters. The number of nitrogens with zero attached hydrogens (tertiary/aromatic N) is 1. The van der Waals surface area contributed by atoms with Gasteiger partial charge in [0.2, 0.25) is 5.91 Å². The molecule has 3 N–H and O–H groups in total. The van der Waals surface area contributed by atoms with Gasteiger partial charge in [0.05, 0.1) is 24.1 Å². The first-order chi connectivity index (χ1) is 17.3. The Balaban J connectivity index is 1.37. The van der Waals surface area contributed by atoms with E-state index in [-0.39, 0.29) is 54.9 Å². The standard InChI is InChI=1S/C26H31FN4O5/c1-3-28-26(34)30-18-8-11-22-20(12-18)25(33)31(2)21-10-9-19(36-23(21)15-35-22)13-24(32)29-14-16-4-6-17(27)7-5-16/h4-8,11-12,19,21,23H,3,9-10,13-15H2,1-2H3,(H,29,32)(H2,28,30,34)/t19-,21-,23-/m1/s1. The highest BCUT2D eigenvalue weighted by Crippen LogP contribution is 2.32. The summed E-state index contributed by atoms with van der Waals surface area (Å²) in [7, 11) is 1.73. The van der Waals surface area contributed by atoms with Crippen molar-refractivity contribution in [3.8, 4) is 5.75 Å². The maximum absolute atomic E-state index is 13.3. The average molecular weight is 499 g/mol. The van der Waals surface area contributed by atoms with Crippen LogP contribution in [-0.2, 0) is 16.1 Å². The molecule has 1 fully saturated rings. The Hall–Kier alpha value is -3.66. The Morgan fingerprint density at radius 1 is 1.11 bits per heavy atom. The van der Waals surface area contributed by atoms with Gasteiger partial charge in [-0.15, -0.1) is 0 Å². The third-order valence-electron chi connectivity index (χ3n) is 6.42. The van der Waals surface area contributed by atoms with Crippen molar-refractivity contribution in [2.75, 3.05) is 25.5 Å². The molecular weight excluding hydrogens is 467 g/mol. The molecule has 0 spiro atoms. The quantitative estimate of drug-likeness (QED) is 0.567. The molecule has 0 radical (unpaired) electrons. The number of likely N-dealkylation sites (N-methyl/N-ethyl adjacent to an activating group) is 1. The van der Waals surface area contributed by atoms with E-state index in [4.69, 9.17) is 9.47 Å². The third kappa shape index (κ3) is 6.12. The summed E-state index contributed by atoms with van der Waals surface area (Å²) in [5.41, 5.74) is 1.67. The second kappa shape index (κ2) is 11.4. The van der Waals surface area contributed by atoms with E-state index in [1.807, 2.05) is 6.92 Å². The van der Waals surface area contributed by atoms with Gasteiger partial charge in [-0.25, -0.2) is 9.18 Å². The molecule has 2 aromatic carbocycles. The van der Waals surface area contributed by atoms with Gasteiger partial charge < -0.3 is 30.3 Å². The fourth-order valence-electron chi connectivity index (χ4n) is 4.52. The van der Waals surface area contributed by atoms with Crippen LogP contribution in [0.15, 0.2) is 42.5 Å². The first-order valence-electron chi connectivity index (χ1n) is 12.1. The lowest BCUT2D eigenvalue weighted by atomic mass is 9.94. The maximum Gasteiger partial charge on any atom is 0.319 e. The maximum atomic E-state index is 13.3. The highest BCUT2D eigenvalue weighted by molar-refractivity contribution is 5.99. The monoisotopic (exact) mass is 498 g/mol. The minimum atomic E-state index is -0.385. The van der Waals surface area contributed by atoms with Gasteiger partial charge in [-0.2, -0.15) is 0 Å². The molecule has 0 aromatic heterocycles. The normalized spacial score (nSPS) is 21.2. The Labute approximate surface area is 209 Å². The molecule has 9 nitrogen and oxygen atoms in total. The van der Waals surface area contributed by atoms with Crippen LogP contribution in [0.5, 0.6) is 5.75 Å².